The highest BCUT2D eigenvalue weighted by Crippen LogP contribution is 2.39. The van der Waals surface area contributed by atoms with Crippen molar-refractivity contribution in [3.8, 4) is 0 Å². The average molecular weight is 713 g/mol. The number of nitrogens with one attached hydrogen (secondary N) is 2. The van der Waals surface area contributed by atoms with Gasteiger partial charge in [-0.1, -0.05) is 0 Å². The Balaban J connectivity index is 0.000000155. The molecule has 0 aromatic carbocycles. The molecule has 8 heterocycles. The Morgan fingerprint density at radius 3 is 2.10 bits per heavy atom. The minimum absolute atomic E-state index is 0.0783. The van der Waals surface area contributed by atoms with Crippen molar-refractivity contribution in [2.75, 3.05) is 71.5 Å². The molecule has 4 bridgehead atoms. The zero-order chi connectivity index (χ0) is 37.1. The number of fused-ring (bicyclic) bond motifs is 8. The van der Waals surface area contributed by atoms with Crippen molar-refractivity contribution in [1.29, 1.82) is 0 Å². The molecule has 4 aliphatic rings. The second-order valence-corrected chi connectivity index (χ2v) is 12.6. The van der Waals surface area contributed by atoms with Crippen molar-refractivity contribution >= 4 is 52.4 Å². The van der Waals surface area contributed by atoms with Crippen LogP contribution in [0.4, 0.5) is 39.2 Å². The lowest BCUT2D eigenvalue weighted by Gasteiger charge is -2.35. The van der Waals surface area contributed by atoms with E-state index < -0.39 is 18.0 Å². The van der Waals surface area contributed by atoms with Crippen molar-refractivity contribution < 1.29 is 23.9 Å². The number of amides is 2. The van der Waals surface area contributed by atoms with E-state index in [1.165, 1.54) is 28.3 Å². The lowest BCUT2D eigenvalue weighted by atomic mass is 10.1. The fourth-order valence-electron chi connectivity index (χ4n) is 6.50. The maximum Gasteiger partial charge on any atom is 0.356 e. The lowest BCUT2D eigenvalue weighted by molar-refractivity contribution is 0.0585. The van der Waals surface area contributed by atoms with Crippen molar-refractivity contribution in [3.63, 3.8) is 0 Å². The van der Waals surface area contributed by atoms with E-state index in [1.54, 1.807) is 69.0 Å². The Morgan fingerprint density at radius 1 is 0.808 bits per heavy atom. The van der Waals surface area contributed by atoms with Crippen LogP contribution in [0.5, 0.6) is 0 Å². The van der Waals surface area contributed by atoms with E-state index in [9.17, 15) is 24.0 Å². The number of carbonyl (C=O) groups is 3. The number of pyridine rings is 4. The SMILES string of the molecule is COC(=O)c1ccc2c(n1)N(C(=O)Nc1cccn(C)c1=O)[C@H]1CCN2C1.COC(=O)c1ccc2c(n1)N[C@H]1CCN2C1.Cn1cccc(N)c1=O. The first-order valence-corrected chi connectivity index (χ1v) is 16.6. The van der Waals surface area contributed by atoms with E-state index in [-0.39, 0.29) is 28.5 Å². The minimum Gasteiger partial charge on any atom is -0.464 e. The summed E-state index contributed by atoms with van der Waals surface area (Å²) in [5, 5.41) is 6.03. The summed E-state index contributed by atoms with van der Waals surface area (Å²) in [5.41, 5.74) is 7.69. The Kier molecular flexibility index (Phi) is 10.1. The van der Waals surface area contributed by atoms with Crippen LogP contribution in [0.2, 0.25) is 0 Å². The van der Waals surface area contributed by atoms with Crippen LogP contribution in [0.1, 0.15) is 33.8 Å². The molecule has 2 atom stereocenters. The molecule has 17 heteroatoms. The van der Waals surface area contributed by atoms with E-state index in [0.29, 0.717) is 29.8 Å². The monoisotopic (exact) mass is 712 g/mol. The average Bonchev–Trinajstić information content (AvgIpc) is 3.76. The van der Waals surface area contributed by atoms with Crippen LogP contribution >= 0.6 is 0 Å². The van der Waals surface area contributed by atoms with Crippen LogP contribution in [0.25, 0.3) is 0 Å². The van der Waals surface area contributed by atoms with Crippen LogP contribution in [0, 0.1) is 0 Å². The fourth-order valence-corrected chi connectivity index (χ4v) is 6.50. The maximum absolute atomic E-state index is 13.0. The Labute approximate surface area is 298 Å². The van der Waals surface area contributed by atoms with E-state index in [2.05, 4.69) is 35.1 Å². The Bertz CT molecular complexity index is 2110. The standard InChI is InChI=1S/C18H19N5O4.C11H13N3O2.C6H8N2O/c1-21-8-3-4-12(16(21)24)20-18(26)23-11-7-9-22(10-11)14-6-5-13(17(25)27-2)19-15(14)23;1-16-11(15)8-2-3-9-10(13-8)12-7-4-5-14(9)6-7;1-8-4-2-3-5(7)6(8)9/h3-6,8,11H,7,9-10H2,1-2H3,(H,20,26);2-3,7H,4-6H2,1H3,(H,12,13);2-4H,7H2,1H3/t11-;7-;/m00./s1. The van der Waals surface area contributed by atoms with Gasteiger partial charge in [0.15, 0.2) is 23.0 Å². The van der Waals surface area contributed by atoms with Gasteiger partial charge < -0.3 is 44.8 Å². The molecule has 0 radical (unpaired) electrons. The molecular formula is C35H40N10O7. The zero-order valence-corrected chi connectivity index (χ0v) is 29.2. The van der Waals surface area contributed by atoms with Crippen molar-refractivity contribution in [1.82, 2.24) is 19.1 Å². The third kappa shape index (κ3) is 7.10. The zero-order valence-electron chi connectivity index (χ0n) is 29.2. The lowest BCUT2D eigenvalue weighted by Crippen LogP contribution is -2.49. The number of hydrogen-bond donors (Lipinski definition) is 3. The van der Waals surface area contributed by atoms with Gasteiger partial charge in [-0.3, -0.25) is 14.5 Å². The van der Waals surface area contributed by atoms with E-state index >= 15 is 0 Å². The summed E-state index contributed by atoms with van der Waals surface area (Å²) in [6, 6.07) is 13.5. The van der Waals surface area contributed by atoms with Gasteiger partial charge >= 0.3 is 18.0 Å². The molecule has 2 fully saturated rings. The summed E-state index contributed by atoms with van der Waals surface area (Å²) >= 11 is 0. The highest BCUT2D eigenvalue weighted by atomic mass is 16.5. The predicted octanol–water partition coefficient (Wildman–Crippen LogP) is 2.04. The topological polar surface area (TPSA) is 199 Å². The van der Waals surface area contributed by atoms with Crippen molar-refractivity contribution in [3.05, 3.63) is 93.0 Å². The van der Waals surface area contributed by atoms with Gasteiger partial charge in [-0.15, -0.1) is 0 Å². The second kappa shape index (κ2) is 14.8. The number of urea groups is 1. The number of nitrogens with two attached hydrogens (primary N) is 1. The van der Waals surface area contributed by atoms with Crippen LogP contribution < -0.4 is 42.2 Å². The summed E-state index contributed by atoms with van der Waals surface area (Å²) < 4.78 is 12.2. The molecule has 52 heavy (non-hydrogen) atoms. The number of nitrogen functional groups attached to an aromatic ring is 1. The summed E-state index contributed by atoms with van der Waals surface area (Å²) in [7, 11) is 5.93. The molecule has 4 aromatic heterocycles. The third-order valence-electron chi connectivity index (χ3n) is 9.22. The van der Waals surface area contributed by atoms with E-state index in [0.717, 1.165) is 49.7 Å². The van der Waals surface area contributed by atoms with Crippen LogP contribution in [0.3, 0.4) is 0 Å². The second-order valence-electron chi connectivity index (χ2n) is 12.6. The molecule has 2 amide bonds. The highest BCUT2D eigenvalue weighted by Gasteiger charge is 2.41. The summed E-state index contributed by atoms with van der Waals surface area (Å²) in [5.74, 6) is 0.245. The van der Waals surface area contributed by atoms with Gasteiger partial charge in [0, 0.05) is 58.7 Å². The summed E-state index contributed by atoms with van der Waals surface area (Å²) in [6.45, 7) is 3.58. The molecular weight excluding hydrogens is 672 g/mol. The van der Waals surface area contributed by atoms with Gasteiger partial charge in [-0.25, -0.2) is 24.4 Å². The van der Waals surface area contributed by atoms with Gasteiger partial charge in [-0.05, 0) is 61.4 Å². The first-order chi connectivity index (χ1) is 25.0. The number of aryl methyl sites for hydroxylation is 2. The number of nitrogens with zero attached hydrogens (tertiary/aromatic N) is 7. The number of ether oxygens (including phenoxy) is 2. The molecule has 4 N–H and O–H groups in total. The minimum atomic E-state index is -0.567. The quantitative estimate of drug-likeness (QED) is 0.261. The van der Waals surface area contributed by atoms with Gasteiger partial charge in [0.05, 0.1) is 37.3 Å². The molecule has 272 valence electrons. The summed E-state index contributed by atoms with van der Waals surface area (Å²) in [4.78, 5) is 73.9. The molecule has 4 aliphatic heterocycles. The number of aromatic nitrogens is 4. The number of methoxy groups -OCH3 is 2. The normalized spacial score (nSPS) is 17.3. The van der Waals surface area contributed by atoms with Gasteiger partial charge in [-0.2, -0.15) is 0 Å². The molecule has 0 spiro atoms. The smallest absolute Gasteiger partial charge is 0.356 e. The van der Waals surface area contributed by atoms with Crippen LogP contribution in [0.15, 0.2) is 70.5 Å². The number of anilines is 6. The molecule has 8 rings (SSSR count). The first kappa shape index (κ1) is 35.4. The first-order valence-electron chi connectivity index (χ1n) is 16.6. The van der Waals surface area contributed by atoms with Crippen LogP contribution in [-0.4, -0.2) is 89.6 Å². The molecule has 0 unspecified atom stereocenters. The highest BCUT2D eigenvalue weighted by molar-refractivity contribution is 6.05. The van der Waals surface area contributed by atoms with E-state index in [1.807, 2.05) is 6.07 Å². The fraction of sp³-hybridized carbons (Fsp3) is 0.343. The predicted molar refractivity (Wildman–Crippen MR) is 195 cm³/mol. The van der Waals surface area contributed by atoms with E-state index in [4.69, 9.17) is 10.5 Å². The van der Waals surface area contributed by atoms with Crippen molar-refractivity contribution in [2.45, 2.75) is 24.9 Å². The molecule has 4 aromatic rings. The number of rotatable bonds is 3. The molecule has 0 aliphatic carbocycles. The molecule has 2 saturated heterocycles. The maximum atomic E-state index is 13.0. The number of esters is 2. The number of hydrogen-bond acceptors (Lipinski definition) is 13. The van der Waals surface area contributed by atoms with Gasteiger partial charge in [0.2, 0.25) is 0 Å². The van der Waals surface area contributed by atoms with Gasteiger partial charge in [0.25, 0.3) is 11.1 Å². The third-order valence-corrected chi connectivity index (χ3v) is 9.22. The molecule has 0 saturated carbocycles. The number of carbonyl (C=O) groups excluding carboxylic acids is 3. The molecule has 17 nitrogen and oxygen atoms in total. The Hall–Kier alpha value is -6.39. The van der Waals surface area contributed by atoms with Gasteiger partial charge in [0.1, 0.15) is 5.69 Å². The van der Waals surface area contributed by atoms with Crippen LogP contribution in [-0.2, 0) is 23.6 Å². The largest absolute Gasteiger partial charge is 0.464 e. The Morgan fingerprint density at radius 2 is 1.42 bits per heavy atom. The summed E-state index contributed by atoms with van der Waals surface area (Å²) in [6.07, 6.45) is 5.19. The van der Waals surface area contributed by atoms with Crippen molar-refractivity contribution in [2.24, 2.45) is 14.1 Å².